The minimum Gasteiger partial charge on any atom is -0.359 e. The molecule has 1 atom stereocenters. The predicted molar refractivity (Wildman–Crippen MR) is 343 cm³/mol. The highest BCUT2D eigenvalue weighted by molar-refractivity contribution is 5.87. The number of unbranched alkanes of at least 4 members (excludes halogenated alkanes) is 6. The van der Waals surface area contributed by atoms with E-state index in [2.05, 4.69) is 119 Å². The van der Waals surface area contributed by atoms with Gasteiger partial charge in [-0.1, -0.05) is 164 Å². The van der Waals surface area contributed by atoms with E-state index in [-0.39, 0.29) is 11.6 Å². The van der Waals surface area contributed by atoms with Gasteiger partial charge in [0.1, 0.15) is 0 Å². The summed E-state index contributed by atoms with van der Waals surface area (Å²) < 4.78 is 84.5. The van der Waals surface area contributed by atoms with Gasteiger partial charge in [-0.15, -0.1) is 11.7 Å². The first-order valence-corrected chi connectivity index (χ1v) is 29.8. The molecule has 0 aliphatic heterocycles. The van der Waals surface area contributed by atoms with Gasteiger partial charge in [0.15, 0.2) is 0 Å². The normalized spacial score (nSPS) is 12.2. The molecular weight excluding hydrogens is 1050 g/mol. The van der Waals surface area contributed by atoms with Gasteiger partial charge >= 0.3 is 6.18 Å². The molecule has 4 aromatic carbocycles. The van der Waals surface area contributed by atoms with Crippen molar-refractivity contribution in [1.29, 1.82) is 0 Å². The highest BCUT2D eigenvalue weighted by atomic mass is 19.4. The number of nitrogens with two attached hydrogens (primary N) is 1. The second-order valence-corrected chi connectivity index (χ2v) is 23.0. The number of rotatable bonds is 27. The molecule has 0 aliphatic carbocycles. The van der Waals surface area contributed by atoms with Crippen LogP contribution in [0.4, 0.5) is 32.0 Å². The first-order chi connectivity index (χ1) is 39.1. The molecule has 0 spiro atoms. The molecule has 6 nitrogen and oxygen atoms in total. The van der Waals surface area contributed by atoms with Crippen LogP contribution < -0.4 is 21.7 Å². The van der Waals surface area contributed by atoms with Crippen molar-refractivity contribution in [3.8, 4) is 11.1 Å². The zero-order valence-electron chi connectivity index (χ0n) is 52.4. The summed E-state index contributed by atoms with van der Waals surface area (Å²) in [4.78, 5) is 0. The number of benzene rings is 4. The number of aromatic nitrogens is 4. The van der Waals surface area contributed by atoms with Crippen LogP contribution in [-0.4, -0.2) is 32.3 Å². The number of allylic oxidation sites excluding steroid dienone is 4. The average molecular weight is 1150 g/mol. The maximum Gasteiger partial charge on any atom is 0.416 e. The van der Waals surface area contributed by atoms with Crippen molar-refractivity contribution in [3.05, 3.63) is 177 Å². The van der Waals surface area contributed by atoms with E-state index in [9.17, 15) is 26.3 Å². The lowest BCUT2D eigenvalue weighted by atomic mass is 9.85. The van der Waals surface area contributed by atoms with Crippen LogP contribution >= 0.6 is 0 Å². The van der Waals surface area contributed by atoms with Gasteiger partial charge in [-0.05, 0) is 174 Å². The molecule has 2 aromatic heterocycles. The molecule has 1 unspecified atom stereocenters. The smallest absolute Gasteiger partial charge is 0.359 e. The van der Waals surface area contributed by atoms with E-state index in [1.165, 1.54) is 60.1 Å². The van der Waals surface area contributed by atoms with Crippen molar-refractivity contribution in [1.82, 2.24) is 19.6 Å². The predicted octanol–water partition coefficient (Wildman–Crippen LogP) is 19.5. The van der Waals surface area contributed by atoms with Crippen LogP contribution in [0.5, 0.6) is 0 Å². The second-order valence-electron chi connectivity index (χ2n) is 23.0. The van der Waals surface area contributed by atoms with Gasteiger partial charge in [0.05, 0.1) is 24.5 Å². The Bertz CT molecular complexity index is 3110. The quantitative estimate of drug-likeness (QED) is 0.0306. The van der Waals surface area contributed by atoms with Gasteiger partial charge in [0.25, 0.3) is 5.92 Å². The maximum absolute atomic E-state index is 14.5. The van der Waals surface area contributed by atoms with Gasteiger partial charge in [0, 0.05) is 63.6 Å². The summed E-state index contributed by atoms with van der Waals surface area (Å²) in [5, 5.41) is 16.5. The molecule has 6 rings (SSSR count). The molecule has 0 radical (unpaired) electrons. The van der Waals surface area contributed by atoms with Crippen molar-refractivity contribution in [2.75, 3.05) is 12.5 Å². The lowest BCUT2D eigenvalue weighted by Gasteiger charge is -2.22. The summed E-state index contributed by atoms with van der Waals surface area (Å²) >= 11 is 0. The number of hydrogen-bond donors (Lipinski definition) is 2. The van der Waals surface area contributed by atoms with E-state index < -0.39 is 28.8 Å². The maximum atomic E-state index is 14.5. The molecule has 0 aliphatic rings. The number of hydrogen-bond acceptors (Lipinski definition) is 4. The molecule has 0 bridgehead atoms. The van der Waals surface area contributed by atoms with Crippen LogP contribution in [0.1, 0.15) is 197 Å². The van der Waals surface area contributed by atoms with Gasteiger partial charge in [-0.25, -0.2) is 8.78 Å². The SMILES string of the molecule is C=C(C)CCC(C(=C)C)n1c(=C)c2cccc(CCc3cn(CCCCCC)nn3)c2c1=C.C=C(CCCCC)Nc1ccc(CCc2ccc(/C(C)=C/C(C)(C)N)c(C)c2-c2cc(C(C)(F)F)cc(C(F)(F)F)c2)cc1.CCCC.CF. The Morgan fingerprint density at radius 1 is 0.711 bits per heavy atom. The molecule has 0 amide bonds. The molecule has 3 N–H and O–H groups in total. The molecule has 0 saturated carbocycles. The van der Waals surface area contributed by atoms with E-state index in [0.717, 1.165) is 126 Å². The van der Waals surface area contributed by atoms with Crippen molar-refractivity contribution in [3.63, 3.8) is 0 Å². The fraction of sp³-hybridized carbons (Fsp3) is 0.465. The molecule has 0 saturated heterocycles. The number of nitrogens with zero attached hydrogens (tertiary/aromatic N) is 4. The van der Waals surface area contributed by atoms with Crippen LogP contribution in [0.2, 0.25) is 0 Å². The molecule has 83 heavy (non-hydrogen) atoms. The van der Waals surface area contributed by atoms with Crippen LogP contribution in [0.3, 0.4) is 0 Å². The Hall–Kier alpha value is -6.40. The zero-order valence-corrected chi connectivity index (χ0v) is 52.4. The Morgan fingerprint density at radius 3 is 1.92 bits per heavy atom. The standard InChI is InChI=1S/C37H45F5N2.C29H40N4.C4H10.CH3F/c1-8-9-10-11-25(3)44-32-17-13-27(14-18-32)12-15-28-16-19-33(24(2)23-35(5,6)43)26(4)34(28)29-20-30(36(7,38)39)22-31(21-29)37(40,41)42;1-8-9-10-11-19-32-20-26(30-31-32)17-16-25-13-12-14-27-23(6)33(24(7)29(25)27)28(22(4)5)18-15-21(2)3;1-3-4-2;1-2/h13-14,16-23,44H,3,8-12,15,43H2,1-2,4-7H3;12-14,20,28H,2,4,6-11,15-19H2,1,3,5H3;3-4H2,1-2H3;1H3/b24-23+;;;. The Labute approximate surface area is 494 Å². The summed E-state index contributed by atoms with van der Waals surface area (Å²) in [6.07, 6.45) is 15.9. The molecule has 12 heteroatoms. The molecule has 454 valence electrons. The fourth-order valence-corrected chi connectivity index (χ4v) is 10.2. The van der Waals surface area contributed by atoms with E-state index in [4.69, 9.17) is 5.73 Å². The Morgan fingerprint density at radius 2 is 1.34 bits per heavy atom. The highest BCUT2D eigenvalue weighted by Gasteiger charge is 2.35. The van der Waals surface area contributed by atoms with E-state index in [0.29, 0.717) is 44.1 Å². The fourth-order valence-electron chi connectivity index (χ4n) is 10.2. The van der Waals surface area contributed by atoms with Gasteiger partial charge in [-0.3, -0.25) is 9.07 Å². The third-order valence-corrected chi connectivity index (χ3v) is 14.7. The number of nitrogens with one attached hydrogen (secondary N) is 1. The summed E-state index contributed by atoms with van der Waals surface area (Å²) in [6.45, 7) is 43.3. The van der Waals surface area contributed by atoms with Crippen molar-refractivity contribution >= 4 is 35.2 Å². The molecule has 2 heterocycles. The second kappa shape index (κ2) is 33.8. The minimum absolute atomic E-state index is 0.117. The van der Waals surface area contributed by atoms with E-state index in [1.807, 2.05) is 74.9 Å². The molecule has 0 fully saturated rings. The number of aryl methyl sites for hydroxylation is 5. The third kappa shape index (κ3) is 22.3. The highest BCUT2D eigenvalue weighted by Crippen LogP contribution is 2.41. The number of fused-ring (bicyclic) bond motifs is 1. The first-order valence-electron chi connectivity index (χ1n) is 29.8. The first kappa shape index (κ1) is 70.9. The van der Waals surface area contributed by atoms with Crippen LogP contribution in [-0.2, 0) is 44.3 Å². The summed E-state index contributed by atoms with van der Waals surface area (Å²) in [5.41, 5.74) is 15.2. The number of alkyl halides is 6. The summed E-state index contributed by atoms with van der Waals surface area (Å²) in [7, 11) is 0.500. The van der Waals surface area contributed by atoms with Crippen molar-refractivity contribution in [2.45, 2.75) is 209 Å². The van der Waals surface area contributed by atoms with E-state index in [1.54, 1.807) is 0 Å². The van der Waals surface area contributed by atoms with Gasteiger partial charge < -0.3 is 15.6 Å². The third-order valence-electron chi connectivity index (χ3n) is 14.7. The largest absolute Gasteiger partial charge is 0.416 e. The van der Waals surface area contributed by atoms with Crippen LogP contribution in [0, 0.1) is 6.92 Å². The number of halogens is 6. The van der Waals surface area contributed by atoms with Crippen molar-refractivity contribution in [2.24, 2.45) is 5.73 Å². The van der Waals surface area contributed by atoms with Gasteiger partial charge in [0.2, 0.25) is 0 Å². The summed E-state index contributed by atoms with van der Waals surface area (Å²) in [5.74, 6) is -3.45. The monoisotopic (exact) mass is 1150 g/mol. The lowest BCUT2D eigenvalue weighted by molar-refractivity contribution is -0.137. The lowest BCUT2D eigenvalue weighted by Crippen LogP contribution is -2.30. The van der Waals surface area contributed by atoms with Gasteiger partial charge in [-0.2, -0.15) is 13.2 Å². The molecule has 6 aromatic rings. The van der Waals surface area contributed by atoms with Crippen LogP contribution in [0.25, 0.3) is 40.6 Å². The number of anilines is 1. The topological polar surface area (TPSA) is 73.7 Å². The Balaban J connectivity index is 0.000000410. The summed E-state index contributed by atoms with van der Waals surface area (Å²) in [6, 6.07) is 21.2. The average Bonchev–Trinajstić information content (AvgIpc) is 4.26. The zero-order chi connectivity index (χ0) is 62.2. The Kier molecular flexibility index (Phi) is 28.8. The van der Waals surface area contributed by atoms with E-state index >= 15 is 0 Å². The van der Waals surface area contributed by atoms with Crippen molar-refractivity contribution < 1.29 is 26.3 Å². The van der Waals surface area contributed by atoms with Crippen LogP contribution in [0.15, 0.2) is 122 Å². The molecular formula is C71H98F6N6. The minimum atomic E-state index is -4.78.